The molecule has 1 aromatic carbocycles. The molecule has 0 saturated carbocycles. The fraction of sp³-hybridized carbons (Fsp3) is 0.571. The summed E-state index contributed by atoms with van der Waals surface area (Å²) in [6.07, 6.45) is 1.49. The third kappa shape index (κ3) is 6.07. The number of hydrogen-bond donors (Lipinski definition) is 2. The Morgan fingerprint density at radius 2 is 1.89 bits per heavy atom. The predicted molar refractivity (Wildman–Crippen MR) is 104 cm³/mol. The maximum absolute atomic E-state index is 12.4. The Labute approximate surface area is 161 Å². The first-order valence-corrected chi connectivity index (χ1v) is 9.60. The molecule has 0 radical (unpaired) electrons. The predicted octanol–water partition coefficient (Wildman–Crippen LogP) is 2.07. The van der Waals surface area contributed by atoms with Crippen molar-refractivity contribution in [1.82, 2.24) is 15.5 Å². The molecule has 1 unspecified atom stereocenters. The molecule has 0 aliphatic carbocycles. The van der Waals surface area contributed by atoms with E-state index in [1.165, 1.54) is 0 Å². The van der Waals surface area contributed by atoms with E-state index < -0.39 is 5.54 Å². The summed E-state index contributed by atoms with van der Waals surface area (Å²) in [6.45, 7) is 7.82. The number of nitriles is 1. The van der Waals surface area contributed by atoms with Crippen molar-refractivity contribution < 1.29 is 9.59 Å². The van der Waals surface area contributed by atoms with E-state index >= 15 is 0 Å². The van der Waals surface area contributed by atoms with Crippen LogP contribution in [-0.4, -0.2) is 41.9 Å². The van der Waals surface area contributed by atoms with Crippen molar-refractivity contribution in [3.05, 3.63) is 35.9 Å². The van der Waals surface area contributed by atoms with Crippen LogP contribution in [0.3, 0.4) is 0 Å². The first-order valence-electron chi connectivity index (χ1n) is 9.60. The van der Waals surface area contributed by atoms with E-state index in [1.54, 1.807) is 6.92 Å². The minimum absolute atomic E-state index is 0.00642. The summed E-state index contributed by atoms with van der Waals surface area (Å²) in [5, 5.41) is 15.2. The molecule has 2 N–H and O–H groups in total. The number of piperidine rings is 1. The largest absolute Gasteiger partial charge is 0.352 e. The first kappa shape index (κ1) is 20.9. The highest BCUT2D eigenvalue weighted by Gasteiger charge is 2.31. The fourth-order valence-corrected chi connectivity index (χ4v) is 3.12. The van der Waals surface area contributed by atoms with Crippen LogP contribution < -0.4 is 10.6 Å². The Balaban J connectivity index is 1.74. The molecule has 27 heavy (non-hydrogen) atoms. The van der Waals surface area contributed by atoms with E-state index in [2.05, 4.69) is 21.6 Å². The standard InChI is InChI=1S/C21H30N4O2/c1-16(2)21(3,15-22)24-19(26)14-25-11-9-18(10-12-25)20(27)23-13-17-7-5-4-6-8-17/h4-8,16,18H,9-14H2,1-3H3,(H,23,27)(H,24,26). The summed E-state index contributed by atoms with van der Waals surface area (Å²) in [5.41, 5.74) is 0.234. The molecular weight excluding hydrogens is 340 g/mol. The molecule has 1 heterocycles. The molecule has 146 valence electrons. The van der Waals surface area contributed by atoms with E-state index in [-0.39, 0.29) is 30.2 Å². The van der Waals surface area contributed by atoms with E-state index in [1.807, 2.05) is 44.2 Å². The van der Waals surface area contributed by atoms with Crippen molar-refractivity contribution in [2.24, 2.45) is 11.8 Å². The molecule has 1 saturated heterocycles. The molecule has 0 bridgehead atoms. The van der Waals surface area contributed by atoms with E-state index in [9.17, 15) is 14.9 Å². The van der Waals surface area contributed by atoms with Crippen molar-refractivity contribution in [2.75, 3.05) is 19.6 Å². The smallest absolute Gasteiger partial charge is 0.235 e. The fourth-order valence-electron chi connectivity index (χ4n) is 3.12. The van der Waals surface area contributed by atoms with Gasteiger partial charge in [-0.2, -0.15) is 5.26 Å². The van der Waals surface area contributed by atoms with E-state index in [4.69, 9.17) is 0 Å². The number of rotatable bonds is 7. The number of carbonyl (C=O) groups excluding carboxylic acids is 2. The molecule has 1 aliphatic rings. The van der Waals surface area contributed by atoms with Crippen LogP contribution in [0.15, 0.2) is 30.3 Å². The minimum atomic E-state index is -0.854. The monoisotopic (exact) mass is 370 g/mol. The number of nitrogens with one attached hydrogen (secondary N) is 2. The van der Waals surface area contributed by atoms with Crippen molar-refractivity contribution in [3.63, 3.8) is 0 Å². The zero-order valence-electron chi connectivity index (χ0n) is 16.5. The average molecular weight is 370 g/mol. The summed E-state index contributed by atoms with van der Waals surface area (Å²) >= 11 is 0. The lowest BCUT2D eigenvalue weighted by molar-refractivity contribution is -0.127. The lowest BCUT2D eigenvalue weighted by atomic mass is 9.90. The highest BCUT2D eigenvalue weighted by molar-refractivity contribution is 5.80. The molecule has 2 amide bonds. The average Bonchev–Trinajstić information content (AvgIpc) is 2.67. The number of nitrogens with zero attached hydrogens (tertiary/aromatic N) is 2. The van der Waals surface area contributed by atoms with Gasteiger partial charge in [0.25, 0.3) is 0 Å². The second-order valence-electron chi connectivity index (χ2n) is 7.77. The molecule has 0 aromatic heterocycles. The van der Waals surface area contributed by atoms with Crippen LogP contribution in [0, 0.1) is 23.2 Å². The van der Waals surface area contributed by atoms with Gasteiger partial charge in [0.05, 0.1) is 12.6 Å². The molecule has 1 fully saturated rings. The van der Waals surface area contributed by atoms with Gasteiger partial charge in [0.15, 0.2) is 0 Å². The van der Waals surface area contributed by atoms with Gasteiger partial charge in [0, 0.05) is 12.5 Å². The SMILES string of the molecule is CC(C)C(C)(C#N)NC(=O)CN1CCC(C(=O)NCc2ccccc2)CC1. The van der Waals surface area contributed by atoms with Gasteiger partial charge < -0.3 is 10.6 Å². The lowest BCUT2D eigenvalue weighted by Gasteiger charge is -2.32. The van der Waals surface area contributed by atoms with Crippen LogP contribution in [0.1, 0.15) is 39.2 Å². The Morgan fingerprint density at radius 1 is 1.26 bits per heavy atom. The summed E-state index contributed by atoms with van der Waals surface area (Å²) < 4.78 is 0. The molecule has 6 nitrogen and oxygen atoms in total. The van der Waals surface area contributed by atoms with Crippen molar-refractivity contribution in [1.29, 1.82) is 5.26 Å². The van der Waals surface area contributed by atoms with E-state index in [0.717, 1.165) is 18.4 Å². The molecule has 1 aliphatic heterocycles. The van der Waals surface area contributed by atoms with Crippen molar-refractivity contribution in [3.8, 4) is 6.07 Å². The van der Waals surface area contributed by atoms with Gasteiger partial charge in [0.1, 0.15) is 5.54 Å². The highest BCUT2D eigenvalue weighted by atomic mass is 16.2. The zero-order valence-corrected chi connectivity index (χ0v) is 16.5. The minimum Gasteiger partial charge on any atom is -0.352 e. The van der Waals surface area contributed by atoms with Crippen molar-refractivity contribution in [2.45, 2.75) is 45.7 Å². The Morgan fingerprint density at radius 3 is 2.44 bits per heavy atom. The topological polar surface area (TPSA) is 85.2 Å². The maximum atomic E-state index is 12.4. The second kappa shape index (κ2) is 9.52. The number of amides is 2. The molecule has 1 aromatic rings. The molecule has 2 rings (SSSR count). The van der Waals surface area contributed by atoms with Crippen LogP contribution in [0.5, 0.6) is 0 Å². The van der Waals surface area contributed by atoms with Gasteiger partial charge in [0.2, 0.25) is 11.8 Å². The van der Waals surface area contributed by atoms with Gasteiger partial charge in [-0.1, -0.05) is 44.2 Å². The quantitative estimate of drug-likeness (QED) is 0.769. The van der Waals surface area contributed by atoms with Crippen LogP contribution in [0.25, 0.3) is 0 Å². The zero-order chi connectivity index (χ0) is 19.9. The maximum Gasteiger partial charge on any atom is 0.235 e. The summed E-state index contributed by atoms with van der Waals surface area (Å²) in [4.78, 5) is 26.7. The van der Waals surface area contributed by atoms with Crippen LogP contribution in [-0.2, 0) is 16.1 Å². The summed E-state index contributed by atoms with van der Waals surface area (Å²) in [6, 6.07) is 12.1. The number of benzene rings is 1. The number of likely N-dealkylation sites (tertiary alicyclic amines) is 1. The van der Waals surface area contributed by atoms with E-state index in [0.29, 0.717) is 19.6 Å². The Hall–Kier alpha value is -2.39. The third-order valence-electron chi connectivity index (χ3n) is 5.42. The van der Waals surface area contributed by atoms with Gasteiger partial charge >= 0.3 is 0 Å². The van der Waals surface area contributed by atoms with Gasteiger partial charge in [-0.05, 0) is 44.3 Å². The van der Waals surface area contributed by atoms with Crippen LogP contribution in [0.4, 0.5) is 0 Å². The molecule has 0 spiro atoms. The van der Waals surface area contributed by atoms with Crippen molar-refractivity contribution >= 4 is 11.8 Å². The number of hydrogen-bond acceptors (Lipinski definition) is 4. The van der Waals surface area contributed by atoms with Gasteiger partial charge in [-0.3, -0.25) is 14.5 Å². The Kier molecular flexibility index (Phi) is 7.37. The van der Waals surface area contributed by atoms with Crippen LogP contribution in [0.2, 0.25) is 0 Å². The lowest BCUT2D eigenvalue weighted by Crippen LogP contribution is -2.52. The number of carbonyl (C=O) groups is 2. The third-order valence-corrected chi connectivity index (χ3v) is 5.42. The molecule has 6 heteroatoms. The summed E-state index contributed by atoms with van der Waals surface area (Å²) in [5.74, 6) is -0.0295. The normalized spacial score (nSPS) is 17.7. The highest BCUT2D eigenvalue weighted by Crippen LogP contribution is 2.18. The molecular formula is C21H30N4O2. The Bertz CT molecular complexity index is 675. The van der Waals surface area contributed by atoms with Gasteiger partial charge in [-0.15, -0.1) is 0 Å². The molecule has 1 atom stereocenters. The second-order valence-corrected chi connectivity index (χ2v) is 7.77. The van der Waals surface area contributed by atoms with Gasteiger partial charge in [-0.25, -0.2) is 0 Å². The summed E-state index contributed by atoms with van der Waals surface area (Å²) in [7, 11) is 0. The van der Waals surface area contributed by atoms with Crippen LogP contribution >= 0.6 is 0 Å². The first-order chi connectivity index (χ1) is 12.8.